The van der Waals surface area contributed by atoms with Crippen LogP contribution in [0, 0.1) is 0 Å². The fraction of sp³-hybridized carbons (Fsp3) is 0.417. The predicted molar refractivity (Wildman–Crippen MR) is 73.7 cm³/mol. The molecule has 0 aromatic heterocycles. The van der Waals surface area contributed by atoms with Gasteiger partial charge in [0.1, 0.15) is 9.84 Å². The van der Waals surface area contributed by atoms with Crippen LogP contribution in [0.2, 0.25) is 5.02 Å². The Morgan fingerprint density at radius 3 is 2.53 bits per heavy atom. The van der Waals surface area contributed by atoms with E-state index >= 15 is 0 Å². The highest BCUT2D eigenvalue weighted by atomic mass is 35.5. The number of carboxylic acids is 1. The summed E-state index contributed by atoms with van der Waals surface area (Å²) in [4.78, 5) is 11.1. The highest BCUT2D eigenvalue weighted by Gasteiger charge is 2.24. The van der Waals surface area contributed by atoms with Gasteiger partial charge in [-0.2, -0.15) is 0 Å². The molecule has 1 aromatic carbocycles. The van der Waals surface area contributed by atoms with E-state index in [0.29, 0.717) is 23.6 Å². The Balaban J connectivity index is 2.15. The molecule has 5 nitrogen and oxygen atoms in total. The van der Waals surface area contributed by atoms with Crippen molar-refractivity contribution in [2.45, 2.75) is 18.9 Å². The minimum atomic E-state index is -2.92. The van der Waals surface area contributed by atoms with Gasteiger partial charge in [-0.25, -0.2) is 13.2 Å². The molecule has 1 saturated heterocycles. The first-order valence-corrected chi connectivity index (χ1v) is 8.07. The third-order valence-electron chi connectivity index (χ3n) is 3.13. The minimum Gasteiger partial charge on any atom is -0.478 e. The summed E-state index contributed by atoms with van der Waals surface area (Å²) in [6.07, 6.45) is 0.960. The van der Waals surface area contributed by atoms with Gasteiger partial charge in [0.2, 0.25) is 0 Å². The standard InChI is InChI=1S/C12H14ClNO4S/c13-8-1-2-10(12(15)16)11(7-8)14-9-3-5-19(17,18)6-4-9/h1-2,7,9,14H,3-6H2,(H,15,16). The molecule has 0 radical (unpaired) electrons. The van der Waals surface area contributed by atoms with Gasteiger partial charge in [0.25, 0.3) is 0 Å². The Morgan fingerprint density at radius 1 is 1.32 bits per heavy atom. The number of benzene rings is 1. The number of anilines is 1. The monoisotopic (exact) mass is 303 g/mol. The van der Waals surface area contributed by atoms with Crippen molar-refractivity contribution in [2.24, 2.45) is 0 Å². The van der Waals surface area contributed by atoms with Gasteiger partial charge >= 0.3 is 5.97 Å². The molecule has 1 fully saturated rings. The number of nitrogens with one attached hydrogen (secondary N) is 1. The van der Waals surface area contributed by atoms with Crippen molar-refractivity contribution in [3.8, 4) is 0 Å². The molecule has 1 heterocycles. The maximum atomic E-state index is 11.3. The van der Waals surface area contributed by atoms with Crippen molar-refractivity contribution < 1.29 is 18.3 Å². The average molecular weight is 304 g/mol. The third-order valence-corrected chi connectivity index (χ3v) is 5.08. The zero-order chi connectivity index (χ0) is 14.0. The quantitative estimate of drug-likeness (QED) is 0.892. The topological polar surface area (TPSA) is 83.5 Å². The Labute approximate surface area is 116 Å². The summed E-state index contributed by atoms with van der Waals surface area (Å²) in [6, 6.07) is 4.46. The molecule has 19 heavy (non-hydrogen) atoms. The van der Waals surface area contributed by atoms with Gasteiger partial charge in [-0.1, -0.05) is 11.6 Å². The minimum absolute atomic E-state index is 0.0416. The van der Waals surface area contributed by atoms with E-state index in [-0.39, 0.29) is 23.1 Å². The van der Waals surface area contributed by atoms with Crippen molar-refractivity contribution in [1.29, 1.82) is 0 Å². The Kier molecular flexibility index (Phi) is 4.01. The third kappa shape index (κ3) is 3.61. The van der Waals surface area contributed by atoms with Crippen LogP contribution >= 0.6 is 11.6 Å². The first-order valence-electron chi connectivity index (χ1n) is 5.87. The molecule has 0 aliphatic carbocycles. The number of carbonyl (C=O) groups is 1. The zero-order valence-corrected chi connectivity index (χ0v) is 11.7. The molecule has 0 saturated carbocycles. The number of sulfone groups is 1. The van der Waals surface area contributed by atoms with E-state index in [2.05, 4.69) is 5.32 Å². The van der Waals surface area contributed by atoms with Gasteiger partial charge in [0.05, 0.1) is 22.8 Å². The predicted octanol–water partition coefficient (Wildman–Crippen LogP) is 2.03. The van der Waals surface area contributed by atoms with Crippen molar-refractivity contribution >= 4 is 33.1 Å². The fourth-order valence-electron chi connectivity index (χ4n) is 2.08. The van der Waals surface area contributed by atoms with Crippen LogP contribution in [0.25, 0.3) is 0 Å². The fourth-order valence-corrected chi connectivity index (χ4v) is 3.74. The summed E-state index contributed by atoms with van der Waals surface area (Å²) in [5.74, 6) is -0.774. The lowest BCUT2D eigenvalue weighted by molar-refractivity contribution is 0.0698. The number of hydrogen-bond donors (Lipinski definition) is 2. The molecule has 0 atom stereocenters. The summed E-state index contributed by atoms with van der Waals surface area (Å²) in [5, 5.41) is 12.6. The molecular formula is C12H14ClNO4S. The van der Waals surface area contributed by atoms with Gasteiger partial charge in [-0.15, -0.1) is 0 Å². The maximum absolute atomic E-state index is 11.3. The van der Waals surface area contributed by atoms with Crippen LogP contribution in [0.15, 0.2) is 18.2 Å². The van der Waals surface area contributed by atoms with Gasteiger partial charge < -0.3 is 10.4 Å². The molecule has 104 valence electrons. The molecule has 7 heteroatoms. The van der Waals surface area contributed by atoms with Crippen molar-refractivity contribution in [3.63, 3.8) is 0 Å². The van der Waals surface area contributed by atoms with E-state index in [1.165, 1.54) is 12.1 Å². The second-order valence-corrected chi connectivity index (χ2v) is 7.31. The summed E-state index contributed by atoms with van der Waals surface area (Å²) in [5.41, 5.74) is 0.571. The summed E-state index contributed by atoms with van der Waals surface area (Å²) < 4.78 is 22.7. The van der Waals surface area contributed by atoms with E-state index < -0.39 is 15.8 Å². The van der Waals surface area contributed by atoms with Crippen LogP contribution in [0.4, 0.5) is 5.69 Å². The summed E-state index contributed by atoms with van der Waals surface area (Å²) in [6.45, 7) is 0. The highest BCUT2D eigenvalue weighted by molar-refractivity contribution is 7.91. The molecular weight excluding hydrogens is 290 g/mol. The molecule has 0 bridgehead atoms. The van der Waals surface area contributed by atoms with Crippen molar-refractivity contribution in [2.75, 3.05) is 16.8 Å². The molecule has 0 spiro atoms. The average Bonchev–Trinajstić information content (AvgIpc) is 2.31. The Morgan fingerprint density at radius 2 is 1.95 bits per heavy atom. The summed E-state index contributed by atoms with van der Waals surface area (Å²) in [7, 11) is -2.92. The Hall–Kier alpha value is -1.27. The van der Waals surface area contributed by atoms with E-state index in [1.54, 1.807) is 6.07 Å². The lowest BCUT2D eigenvalue weighted by Gasteiger charge is -2.24. The number of halogens is 1. The first-order chi connectivity index (χ1) is 8.87. The SMILES string of the molecule is O=C(O)c1ccc(Cl)cc1NC1CCS(=O)(=O)CC1. The smallest absolute Gasteiger partial charge is 0.337 e. The molecule has 0 amide bonds. The van der Waals surface area contributed by atoms with E-state index in [0.717, 1.165) is 0 Å². The highest BCUT2D eigenvalue weighted by Crippen LogP contribution is 2.24. The molecule has 0 unspecified atom stereocenters. The van der Waals surface area contributed by atoms with Crippen LogP contribution in [-0.4, -0.2) is 37.0 Å². The first kappa shape index (κ1) is 14.1. The second kappa shape index (κ2) is 5.38. The molecule has 1 aromatic rings. The zero-order valence-electron chi connectivity index (χ0n) is 10.1. The van der Waals surface area contributed by atoms with Crippen LogP contribution in [0.1, 0.15) is 23.2 Å². The van der Waals surface area contributed by atoms with Gasteiger partial charge in [-0.3, -0.25) is 0 Å². The summed E-state index contributed by atoms with van der Waals surface area (Å²) >= 11 is 5.86. The molecule has 1 aliphatic heterocycles. The van der Waals surface area contributed by atoms with Crippen LogP contribution in [0.5, 0.6) is 0 Å². The number of hydrogen-bond acceptors (Lipinski definition) is 4. The van der Waals surface area contributed by atoms with E-state index in [4.69, 9.17) is 16.7 Å². The second-order valence-electron chi connectivity index (χ2n) is 4.57. The normalized spacial score (nSPS) is 19.0. The number of aromatic carboxylic acids is 1. The van der Waals surface area contributed by atoms with Crippen LogP contribution in [-0.2, 0) is 9.84 Å². The van der Waals surface area contributed by atoms with E-state index in [1.807, 2.05) is 0 Å². The van der Waals surface area contributed by atoms with Crippen molar-refractivity contribution in [3.05, 3.63) is 28.8 Å². The van der Waals surface area contributed by atoms with Crippen molar-refractivity contribution in [1.82, 2.24) is 0 Å². The maximum Gasteiger partial charge on any atom is 0.337 e. The van der Waals surface area contributed by atoms with Gasteiger partial charge in [0, 0.05) is 11.1 Å². The van der Waals surface area contributed by atoms with Crippen LogP contribution < -0.4 is 5.32 Å². The molecule has 1 aliphatic rings. The lowest BCUT2D eigenvalue weighted by Crippen LogP contribution is -2.32. The lowest BCUT2D eigenvalue weighted by atomic mass is 10.1. The van der Waals surface area contributed by atoms with Gasteiger partial charge in [-0.05, 0) is 31.0 Å². The van der Waals surface area contributed by atoms with Gasteiger partial charge in [0.15, 0.2) is 0 Å². The Bertz CT molecular complexity index is 586. The molecule has 2 N–H and O–H groups in total. The largest absolute Gasteiger partial charge is 0.478 e. The number of rotatable bonds is 3. The number of carboxylic acid groups (broad SMARTS) is 1. The van der Waals surface area contributed by atoms with Crippen LogP contribution in [0.3, 0.4) is 0 Å². The van der Waals surface area contributed by atoms with E-state index in [9.17, 15) is 13.2 Å². The molecule has 2 rings (SSSR count).